The molecule has 192 valence electrons. The summed E-state index contributed by atoms with van der Waals surface area (Å²) in [7, 11) is 3.30. The Morgan fingerprint density at radius 3 is 2.32 bits per heavy atom. The maximum absolute atomic E-state index is 11.7. The van der Waals surface area contributed by atoms with Crippen LogP contribution in [0.15, 0.2) is 30.3 Å². The van der Waals surface area contributed by atoms with Crippen LogP contribution in [0.3, 0.4) is 0 Å². The lowest BCUT2D eigenvalue weighted by atomic mass is 9.77. The summed E-state index contributed by atoms with van der Waals surface area (Å²) in [5.74, 6) is -2.01. The lowest BCUT2D eigenvalue weighted by molar-refractivity contribution is -0.482. The third kappa shape index (κ3) is 4.41. The highest BCUT2D eigenvalue weighted by Crippen LogP contribution is 2.46. The smallest absolute Gasteiger partial charge is 0.249 e. The van der Waals surface area contributed by atoms with Gasteiger partial charge in [0.25, 0.3) is 0 Å². The van der Waals surface area contributed by atoms with Gasteiger partial charge >= 0.3 is 0 Å². The number of hydrogen-bond acceptors (Lipinski definition) is 10. The largest absolute Gasteiger partial charge is 0.390 e. The topological polar surface area (TPSA) is 145 Å². The normalized spacial score (nSPS) is 45.3. The van der Waals surface area contributed by atoms with Gasteiger partial charge in [-0.2, -0.15) is 0 Å². The summed E-state index contributed by atoms with van der Waals surface area (Å²) in [6.07, 6.45) is -5.56. The molecule has 10 nitrogen and oxygen atoms in total. The molecule has 2 aliphatic heterocycles. The average molecular weight is 482 g/mol. The molecule has 0 amide bonds. The summed E-state index contributed by atoms with van der Waals surface area (Å²) in [5, 5.41) is 54.3. The van der Waals surface area contributed by atoms with Crippen LogP contribution in [0.4, 0.5) is 0 Å². The quantitative estimate of drug-likeness (QED) is 0.249. The number of aliphatic hydroxyl groups excluding tert-OH is 2. The summed E-state index contributed by atoms with van der Waals surface area (Å²) in [6, 6.07) is 8.71. The van der Waals surface area contributed by atoms with Gasteiger partial charge in [0.05, 0.1) is 24.3 Å². The van der Waals surface area contributed by atoms with Crippen molar-refractivity contribution in [1.82, 2.24) is 16.0 Å². The molecule has 34 heavy (non-hydrogen) atoms. The van der Waals surface area contributed by atoms with Gasteiger partial charge in [-0.05, 0) is 32.5 Å². The van der Waals surface area contributed by atoms with E-state index in [1.807, 2.05) is 18.2 Å². The van der Waals surface area contributed by atoms with Crippen molar-refractivity contribution in [3.8, 4) is 0 Å². The molecule has 11 atom stereocenters. The number of likely N-dealkylation sites (N-methyl/N-ethyl adjacent to an activating group) is 2. The van der Waals surface area contributed by atoms with Crippen LogP contribution in [-0.4, -0.2) is 108 Å². The standard InChI is InChI=1S/C24H39N3O7/c1-13(15-8-6-5-7-9-15)11-27-12-23(30)10-14(2)32-22-24(23,31)34-20-17(26-4)18(28)16(25-3)19(29)21(20)33-22/h5-9,13-14,16-22,25-31H,10-12H2,1-4H3/t13?,14-,16-,17+,18+,19+,20-,21-,22+,23-,24-/m1/s1. The number of rotatable bonds is 7. The highest BCUT2D eigenvalue weighted by Gasteiger charge is 2.68. The molecular weight excluding hydrogens is 442 g/mol. The van der Waals surface area contributed by atoms with Gasteiger partial charge in [-0.3, -0.25) is 0 Å². The van der Waals surface area contributed by atoms with Crippen molar-refractivity contribution in [2.75, 3.05) is 27.2 Å². The molecule has 1 unspecified atom stereocenters. The number of fused-ring (bicyclic) bond motifs is 2. The molecule has 7 N–H and O–H groups in total. The predicted octanol–water partition coefficient (Wildman–Crippen LogP) is -1.37. The molecule has 0 bridgehead atoms. The highest BCUT2D eigenvalue weighted by molar-refractivity contribution is 5.19. The van der Waals surface area contributed by atoms with Crippen LogP contribution in [0.2, 0.25) is 0 Å². The van der Waals surface area contributed by atoms with Crippen LogP contribution in [0, 0.1) is 0 Å². The zero-order valence-corrected chi connectivity index (χ0v) is 20.2. The van der Waals surface area contributed by atoms with Gasteiger partial charge in [0.2, 0.25) is 12.1 Å². The molecule has 0 spiro atoms. The van der Waals surface area contributed by atoms with Gasteiger partial charge in [-0.15, -0.1) is 0 Å². The Morgan fingerprint density at radius 1 is 1.00 bits per heavy atom. The molecule has 10 heteroatoms. The molecular formula is C24H39N3O7. The van der Waals surface area contributed by atoms with E-state index in [0.29, 0.717) is 6.54 Å². The van der Waals surface area contributed by atoms with Gasteiger partial charge in [-0.25, -0.2) is 0 Å². The maximum atomic E-state index is 11.7. The van der Waals surface area contributed by atoms with E-state index in [0.717, 1.165) is 0 Å². The third-order valence-electron chi connectivity index (χ3n) is 7.59. The van der Waals surface area contributed by atoms with Gasteiger partial charge in [0, 0.05) is 19.5 Å². The van der Waals surface area contributed by atoms with E-state index < -0.39 is 60.3 Å². The van der Waals surface area contributed by atoms with Gasteiger partial charge in [0.15, 0.2) is 0 Å². The molecule has 0 radical (unpaired) electrons. The average Bonchev–Trinajstić information content (AvgIpc) is 2.80. The summed E-state index contributed by atoms with van der Waals surface area (Å²) in [6.45, 7) is 4.50. The monoisotopic (exact) mass is 481 g/mol. The van der Waals surface area contributed by atoms with Gasteiger partial charge in [0.1, 0.15) is 23.9 Å². The molecule has 1 aromatic rings. The summed E-state index contributed by atoms with van der Waals surface area (Å²) < 4.78 is 18.0. The van der Waals surface area contributed by atoms with E-state index in [1.165, 1.54) is 5.56 Å². The molecule has 1 saturated carbocycles. The lowest BCUT2D eigenvalue weighted by Crippen LogP contribution is -2.81. The van der Waals surface area contributed by atoms with Crippen LogP contribution in [0.1, 0.15) is 31.7 Å². The Balaban J connectivity index is 1.53. The Kier molecular flexibility index (Phi) is 7.66. The van der Waals surface area contributed by atoms with Crippen LogP contribution < -0.4 is 16.0 Å². The summed E-state index contributed by atoms with van der Waals surface area (Å²) in [4.78, 5) is 0. The van der Waals surface area contributed by atoms with Gasteiger partial charge < -0.3 is 50.6 Å². The van der Waals surface area contributed by atoms with E-state index in [9.17, 15) is 20.4 Å². The number of nitrogens with one attached hydrogen (secondary N) is 3. The maximum Gasteiger partial charge on any atom is 0.249 e. The number of hydrogen-bond donors (Lipinski definition) is 7. The zero-order valence-electron chi connectivity index (χ0n) is 20.2. The Bertz CT molecular complexity index is 819. The third-order valence-corrected chi connectivity index (χ3v) is 7.59. The second-order valence-corrected chi connectivity index (χ2v) is 9.95. The molecule has 3 fully saturated rings. The molecule has 1 aliphatic carbocycles. The van der Waals surface area contributed by atoms with E-state index in [-0.39, 0.29) is 18.9 Å². The molecule has 0 aromatic heterocycles. The highest BCUT2D eigenvalue weighted by atomic mass is 16.8. The van der Waals surface area contributed by atoms with Crippen molar-refractivity contribution in [1.29, 1.82) is 0 Å². The molecule has 2 heterocycles. The number of aliphatic hydroxyl groups is 4. The van der Waals surface area contributed by atoms with Crippen LogP contribution in [0.5, 0.6) is 0 Å². The Labute approximate surface area is 200 Å². The summed E-state index contributed by atoms with van der Waals surface area (Å²) >= 11 is 0. The first kappa shape index (κ1) is 25.9. The van der Waals surface area contributed by atoms with E-state index in [1.54, 1.807) is 21.0 Å². The van der Waals surface area contributed by atoms with Crippen LogP contribution in [-0.2, 0) is 14.2 Å². The zero-order chi connectivity index (χ0) is 24.7. The van der Waals surface area contributed by atoms with Crippen molar-refractivity contribution in [3.63, 3.8) is 0 Å². The van der Waals surface area contributed by atoms with Crippen molar-refractivity contribution in [2.24, 2.45) is 0 Å². The summed E-state index contributed by atoms with van der Waals surface area (Å²) in [5.41, 5.74) is -0.565. The van der Waals surface area contributed by atoms with Gasteiger partial charge in [-0.1, -0.05) is 37.3 Å². The fraction of sp³-hybridized carbons (Fsp3) is 0.750. The first-order valence-corrected chi connectivity index (χ1v) is 12.0. The van der Waals surface area contributed by atoms with Crippen LogP contribution >= 0.6 is 0 Å². The molecule has 4 rings (SSSR count). The molecule has 1 aromatic carbocycles. The minimum Gasteiger partial charge on any atom is -0.390 e. The van der Waals surface area contributed by atoms with E-state index >= 15 is 0 Å². The molecule has 2 saturated heterocycles. The Morgan fingerprint density at radius 2 is 1.68 bits per heavy atom. The molecule has 3 aliphatic rings. The predicted molar refractivity (Wildman–Crippen MR) is 124 cm³/mol. The number of ether oxygens (including phenoxy) is 3. The van der Waals surface area contributed by atoms with Crippen molar-refractivity contribution < 1.29 is 34.6 Å². The first-order chi connectivity index (χ1) is 16.1. The Hall–Kier alpha value is -1.18. The van der Waals surface area contributed by atoms with Crippen molar-refractivity contribution in [2.45, 2.75) is 86.5 Å². The fourth-order valence-electron chi connectivity index (χ4n) is 5.62. The second-order valence-electron chi connectivity index (χ2n) is 9.95. The van der Waals surface area contributed by atoms with Crippen LogP contribution in [0.25, 0.3) is 0 Å². The first-order valence-electron chi connectivity index (χ1n) is 12.0. The lowest BCUT2D eigenvalue weighted by Gasteiger charge is -2.60. The van der Waals surface area contributed by atoms with Crippen molar-refractivity contribution in [3.05, 3.63) is 35.9 Å². The minimum atomic E-state index is -2.20. The number of benzene rings is 1. The fourth-order valence-corrected chi connectivity index (χ4v) is 5.62. The van der Waals surface area contributed by atoms with Crippen molar-refractivity contribution >= 4 is 0 Å². The minimum absolute atomic E-state index is 0.0418. The van der Waals surface area contributed by atoms with E-state index in [2.05, 4.69) is 35.0 Å². The second kappa shape index (κ2) is 10.1. The van der Waals surface area contributed by atoms with E-state index in [4.69, 9.17) is 14.2 Å². The SMILES string of the molecule is CN[C@@H]1[C@H](O)[C@H](NC)[C@H]2O[C@]3(O)[C@H](O[C@@H]2[C@H]1O)O[C@H](C)C[C@@]3(O)CNCC(C)c1ccccc1.